The molecule has 1 N–H and O–H groups in total. The zero-order chi connectivity index (χ0) is 12.3. The lowest BCUT2D eigenvalue weighted by atomic mass is 9.84. The van der Waals surface area contributed by atoms with Gasteiger partial charge >= 0.3 is 0 Å². The largest absolute Gasteiger partial charge is 0.318 e. The minimum Gasteiger partial charge on any atom is -0.318 e. The average Bonchev–Trinajstić information content (AvgIpc) is 2.64. The Morgan fingerprint density at radius 3 is 2.59 bits per heavy atom. The molecule has 1 heterocycles. The summed E-state index contributed by atoms with van der Waals surface area (Å²) in [6.07, 6.45) is 6.63. The van der Waals surface area contributed by atoms with Crippen LogP contribution in [0.15, 0.2) is 0 Å². The number of hydrogen-bond acceptors (Lipinski definition) is 3. The molecular weight excluding hydrogens is 236 g/mol. The Kier molecular flexibility index (Phi) is 4.44. The van der Waals surface area contributed by atoms with Crippen molar-refractivity contribution in [2.75, 3.05) is 25.9 Å². The first kappa shape index (κ1) is 13.3. The second-order valence-electron chi connectivity index (χ2n) is 5.37. The maximum Gasteiger partial charge on any atom is 0.214 e. The SMILES string of the molecule is CNCC1CCCN1S(=O)(=O)CCC1CCC1. The Hall–Kier alpha value is -0.130. The van der Waals surface area contributed by atoms with Gasteiger partial charge in [0.1, 0.15) is 0 Å². The van der Waals surface area contributed by atoms with E-state index in [1.807, 2.05) is 7.05 Å². The van der Waals surface area contributed by atoms with Gasteiger partial charge < -0.3 is 5.32 Å². The van der Waals surface area contributed by atoms with Crippen LogP contribution in [0.4, 0.5) is 0 Å². The molecule has 1 unspecified atom stereocenters. The molecule has 2 aliphatic rings. The summed E-state index contributed by atoms with van der Waals surface area (Å²) in [5.41, 5.74) is 0. The van der Waals surface area contributed by atoms with Crippen LogP contribution >= 0.6 is 0 Å². The van der Waals surface area contributed by atoms with E-state index in [9.17, 15) is 8.42 Å². The van der Waals surface area contributed by atoms with Crippen molar-refractivity contribution in [1.29, 1.82) is 0 Å². The third kappa shape index (κ3) is 3.20. The highest BCUT2D eigenvalue weighted by Crippen LogP contribution is 2.30. The molecule has 0 spiro atoms. The van der Waals surface area contributed by atoms with E-state index in [0.717, 1.165) is 32.4 Å². The summed E-state index contributed by atoms with van der Waals surface area (Å²) in [6.45, 7) is 1.50. The molecule has 0 aromatic rings. The van der Waals surface area contributed by atoms with E-state index < -0.39 is 10.0 Å². The predicted molar refractivity (Wildman–Crippen MR) is 69.4 cm³/mol. The first-order valence-corrected chi connectivity index (χ1v) is 8.38. The van der Waals surface area contributed by atoms with Gasteiger partial charge in [-0.05, 0) is 32.2 Å². The summed E-state index contributed by atoms with van der Waals surface area (Å²) in [6, 6.07) is 0.186. The van der Waals surface area contributed by atoms with Gasteiger partial charge in [0.15, 0.2) is 0 Å². The number of sulfonamides is 1. The Labute approximate surface area is 105 Å². The second kappa shape index (κ2) is 5.67. The predicted octanol–water partition coefficient (Wildman–Crippen LogP) is 1.19. The Balaban J connectivity index is 1.88. The molecule has 1 aliphatic carbocycles. The van der Waals surface area contributed by atoms with Gasteiger partial charge in [0, 0.05) is 19.1 Å². The van der Waals surface area contributed by atoms with Gasteiger partial charge in [-0.3, -0.25) is 0 Å². The average molecular weight is 260 g/mol. The van der Waals surface area contributed by atoms with Crippen LogP contribution in [0, 0.1) is 5.92 Å². The summed E-state index contributed by atoms with van der Waals surface area (Å²) >= 11 is 0. The monoisotopic (exact) mass is 260 g/mol. The highest BCUT2D eigenvalue weighted by Gasteiger charge is 2.34. The maximum absolute atomic E-state index is 12.3. The molecule has 0 radical (unpaired) electrons. The molecule has 4 nitrogen and oxygen atoms in total. The topological polar surface area (TPSA) is 49.4 Å². The van der Waals surface area contributed by atoms with Crippen LogP contribution in [0.3, 0.4) is 0 Å². The van der Waals surface area contributed by atoms with Gasteiger partial charge in [-0.2, -0.15) is 4.31 Å². The van der Waals surface area contributed by atoms with Crippen LogP contribution in [0.25, 0.3) is 0 Å². The Bertz CT molecular complexity index is 338. The number of rotatable bonds is 6. The lowest BCUT2D eigenvalue weighted by Gasteiger charge is -2.28. The van der Waals surface area contributed by atoms with E-state index in [-0.39, 0.29) is 6.04 Å². The number of hydrogen-bond donors (Lipinski definition) is 1. The standard InChI is InChI=1S/C12H24N2O2S/c1-13-10-12-6-3-8-14(12)17(15,16)9-7-11-4-2-5-11/h11-13H,2-10H2,1H3. The second-order valence-corrected chi connectivity index (χ2v) is 7.41. The molecule has 0 bridgehead atoms. The maximum atomic E-state index is 12.3. The van der Waals surface area contributed by atoms with Crippen LogP contribution in [0.1, 0.15) is 38.5 Å². The van der Waals surface area contributed by atoms with E-state index in [1.54, 1.807) is 4.31 Å². The molecule has 2 fully saturated rings. The third-order valence-electron chi connectivity index (χ3n) is 4.13. The van der Waals surface area contributed by atoms with Crippen molar-refractivity contribution < 1.29 is 8.42 Å². The van der Waals surface area contributed by atoms with Crippen LogP contribution in [0.5, 0.6) is 0 Å². The number of nitrogens with one attached hydrogen (secondary N) is 1. The van der Waals surface area contributed by atoms with Crippen LogP contribution in [0.2, 0.25) is 0 Å². The minimum absolute atomic E-state index is 0.186. The van der Waals surface area contributed by atoms with Gasteiger partial charge in [0.25, 0.3) is 0 Å². The summed E-state index contributed by atoms with van der Waals surface area (Å²) in [5.74, 6) is 1.04. The lowest BCUT2D eigenvalue weighted by Crippen LogP contribution is -2.42. The molecular formula is C12H24N2O2S. The van der Waals surface area contributed by atoms with E-state index >= 15 is 0 Å². The van der Waals surface area contributed by atoms with Crippen molar-refractivity contribution in [3.8, 4) is 0 Å². The van der Waals surface area contributed by atoms with Crippen molar-refractivity contribution in [2.24, 2.45) is 5.92 Å². The summed E-state index contributed by atoms with van der Waals surface area (Å²) in [7, 11) is -1.12. The lowest BCUT2D eigenvalue weighted by molar-refractivity contribution is 0.303. The molecule has 1 atom stereocenters. The highest BCUT2D eigenvalue weighted by molar-refractivity contribution is 7.89. The molecule has 0 amide bonds. The highest BCUT2D eigenvalue weighted by atomic mass is 32.2. The van der Waals surface area contributed by atoms with Gasteiger partial charge in [-0.1, -0.05) is 19.3 Å². The number of likely N-dealkylation sites (N-methyl/N-ethyl adjacent to an activating group) is 1. The van der Waals surface area contributed by atoms with Crippen molar-refractivity contribution in [2.45, 2.75) is 44.6 Å². The first-order valence-electron chi connectivity index (χ1n) is 6.77. The van der Waals surface area contributed by atoms with Gasteiger partial charge in [-0.25, -0.2) is 8.42 Å². The Morgan fingerprint density at radius 1 is 1.24 bits per heavy atom. The van der Waals surface area contributed by atoms with Crippen LogP contribution < -0.4 is 5.32 Å². The molecule has 0 aromatic carbocycles. The normalized spacial score (nSPS) is 27.2. The number of nitrogens with zero attached hydrogens (tertiary/aromatic N) is 1. The molecule has 17 heavy (non-hydrogen) atoms. The fourth-order valence-corrected chi connectivity index (χ4v) is 4.74. The Morgan fingerprint density at radius 2 is 2.00 bits per heavy atom. The van der Waals surface area contributed by atoms with Gasteiger partial charge in [0.05, 0.1) is 5.75 Å². The minimum atomic E-state index is -3.01. The molecule has 1 saturated heterocycles. The van der Waals surface area contributed by atoms with Crippen molar-refractivity contribution in [3.05, 3.63) is 0 Å². The third-order valence-corrected chi connectivity index (χ3v) is 6.08. The summed E-state index contributed by atoms with van der Waals surface area (Å²) in [4.78, 5) is 0. The van der Waals surface area contributed by atoms with Gasteiger partial charge in [-0.15, -0.1) is 0 Å². The fraction of sp³-hybridized carbons (Fsp3) is 1.00. The van der Waals surface area contributed by atoms with Crippen molar-refractivity contribution in [3.63, 3.8) is 0 Å². The zero-order valence-corrected chi connectivity index (χ0v) is 11.5. The van der Waals surface area contributed by atoms with Gasteiger partial charge in [0.2, 0.25) is 10.0 Å². The molecule has 100 valence electrons. The smallest absolute Gasteiger partial charge is 0.214 e. The summed E-state index contributed by atoms with van der Waals surface area (Å²) in [5, 5.41) is 3.09. The van der Waals surface area contributed by atoms with Crippen molar-refractivity contribution >= 4 is 10.0 Å². The van der Waals surface area contributed by atoms with E-state index in [1.165, 1.54) is 19.3 Å². The van der Waals surface area contributed by atoms with E-state index in [2.05, 4.69) is 5.32 Å². The van der Waals surface area contributed by atoms with Crippen molar-refractivity contribution in [1.82, 2.24) is 9.62 Å². The quantitative estimate of drug-likeness (QED) is 0.780. The summed E-state index contributed by atoms with van der Waals surface area (Å²) < 4.78 is 26.3. The fourth-order valence-electron chi connectivity index (χ4n) is 2.83. The van der Waals surface area contributed by atoms with Crippen LogP contribution in [-0.4, -0.2) is 44.7 Å². The molecule has 5 heteroatoms. The molecule has 1 aliphatic heterocycles. The molecule has 0 aromatic heterocycles. The zero-order valence-electron chi connectivity index (χ0n) is 10.7. The first-order chi connectivity index (χ1) is 8.13. The molecule has 2 rings (SSSR count). The van der Waals surface area contributed by atoms with E-state index in [0.29, 0.717) is 11.7 Å². The molecule has 1 saturated carbocycles. The van der Waals surface area contributed by atoms with Crippen LogP contribution in [-0.2, 0) is 10.0 Å². The van der Waals surface area contributed by atoms with E-state index in [4.69, 9.17) is 0 Å².